The largest absolute Gasteiger partial charge is 0.341 e. The van der Waals surface area contributed by atoms with Crippen LogP contribution < -0.4 is 27.2 Å². The number of halogens is 20. The minimum atomic E-state index is -7.22. The van der Waals surface area contributed by atoms with Gasteiger partial charge >= 0.3 is 0 Å². The molecule has 0 amide bonds. The highest BCUT2D eigenvalue weighted by atomic mass is 19.2. The molecule has 2 aliphatic rings. The lowest BCUT2D eigenvalue weighted by Crippen LogP contribution is -2.98. The van der Waals surface area contributed by atoms with Gasteiger partial charge in [0, 0.05) is 10.8 Å². The van der Waals surface area contributed by atoms with Gasteiger partial charge in [0.2, 0.25) is 0 Å². The SMILES string of the molecule is CCCCC1(C(C)[NH2+]C(C)C2(CCCC)CCCCC2)CCCCC1.Fc1c(F)c(F)c([B-](c2c(F)c(F)c(F)c(F)c2F)(c2c(F)c(F)c(F)c(F)c2F)c2c(F)c(F)c(F)c(F)c2F)c(F)c1F. The third kappa shape index (κ3) is 9.51. The molecular weight excluding hydrogens is 981 g/mol. The summed E-state index contributed by atoms with van der Waals surface area (Å²) < 4.78 is 294. The van der Waals surface area contributed by atoms with E-state index in [4.69, 9.17) is 0 Å². The summed E-state index contributed by atoms with van der Waals surface area (Å²) in [7, 11) is 0. The molecule has 4 aromatic carbocycles. The van der Waals surface area contributed by atoms with Gasteiger partial charge in [-0.15, -0.1) is 21.9 Å². The smallest absolute Gasteiger partial charge is 0.200 e. The van der Waals surface area contributed by atoms with Crippen molar-refractivity contribution >= 4 is 28.0 Å². The highest BCUT2D eigenvalue weighted by Gasteiger charge is 2.53. The van der Waals surface area contributed by atoms with E-state index in [0.29, 0.717) is 10.8 Å². The summed E-state index contributed by atoms with van der Waals surface area (Å²) in [6, 6.07) is 1.63. The topological polar surface area (TPSA) is 16.6 Å². The molecule has 0 aliphatic heterocycles. The number of hydrogen-bond acceptors (Lipinski definition) is 0. The van der Waals surface area contributed by atoms with Gasteiger partial charge in [0.15, 0.2) is 69.8 Å². The van der Waals surface area contributed by atoms with Gasteiger partial charge in [0.25, 0.3) is 0 Å². The van der Waals surface area contributed by atoms with Crippen molar-refractivity contribution in [1.82, 2.24) is 0 Å². The number of unbranched alkanes of at least 4 members (excludes halogenated alkanes) is 2. The van der Waals surface area contributed by atoms with Crippen LogP contribution in [0.1, 0.15) is 130 Å². The Morgan fingerprint density at radius 2 is 0.514 bits per heavy atom. The highest BCUT2D eigenvalue weighted by Crippen LogP contribution is 2.45. The van der Waals surface area contributed by atoms with Crippen molar-refractivity contribution in [3.8, 4) is 0 Å². The van der Waals surface area contributed by atoms with Crippen LogP contribution in [-0.2, 0) is 0 Å². The zero-order valence-electron chi connectivity index (χ0n) is 38.2. The Kier molecular flexibility index (Phi) is 17.8. The highest BCUT2D eigenvalue weighted by molar-refractivity contribution is 7.20. The van der Waals surface area contributed by atoms with E-state index in [2.05, 4.69) is 33.0 Å². The first kappa shape index (κ1) is 56.4. The fourth-order valence-electron chi connectivity index (χ4n) is 11.2. The number of nitrogens with two attached hydrogens (primary N) is 1. The van der Waals surface area contributed by atoms with Crippen molar-refractivity contribution < 1.29 is 93.1 Å². The summed E-state index contributed by atoms with van der Waals surface area (Å²) >= 11 is 0. The van der Waals surface area contributed by atoms with Crippen LogP contribution in [0, 0.1) is 127 Å². The monoisotopic (exact) mass is 1030 g/mol. The van der Waals surface area contributed by atoms with E-state index in [-0.39, 0.29) is 0 Å². The van der Waals surface area contributed by atoms with Crippen molar-refractivity contribution in [2.24, 2.45) is 10.8 Å². The molecule has 70 heavy (non-hydrogen) atoms. The van der Waals surface area contributed by atoms with Gasteiger partial charge in [0.1, 0.15) is 52.7 Å². The summed E-state index contributed by atoms with van der Waals surface area (Å²) in [5.74, 6) is -71.4. The Balaban J connectivity index is 0.000000308. The van der Waals surface area contributed by atoms with Crippen molar-refractivity contribution in [2.45, 2.75) is 143 Å². The normalized spacial score (nSPS) is 16.8. The van der Waals surface area contributed by atoms with Crippen LogP contribution in [0.2, 0.25) is 0 Å². The molecule has 388 valence electrons. The quantitative estimate of drug-likeness (QED) is 0.0561. The summed E-state index contributed by atoms with van der Waals surface area (Å²) in [5.41, 5.74) is -13.0. The molecule has 2 unspecified atom stereocenters. The van der Waals surface area contributed by atoms with Crippen LogP contribution >= 0.6 is 0 Å². The first-order valence-corrected chi connectivity index (χ1v) is 22.9. The van der Waals surface area contributed by atoms with Gasteiger partial charge < -0.3 is 5.32 Å². The summed E-state index contributed by atoms with van der Waals surface area (Å²) in [6.45, 7) is 9.92. The molecule has 0 bridgehead atoms. The Hall–Kier alpha value is -4.50. The molecule has 2 saturated carbocycles. The van der Waals surface area contributed by atoms with Gasteiger partial charge in [-0.25, -0.2) is 87.8 Å². The third-order valence-corrected chi connectivity index (χ3v) is 15.0. The van der Waals surface area contributed by atoms with Gasteiger partial charge in [-0.2, -0.15) is 0 Å². The summed E-state index contributed by atoms with van der Waals surface area (Å²) in [6.07, 6.45) is 16.3. The van der Waals surface area contributed by atoms with Gasteiger partial charge in [0.05, 0.1) is 12.1 Å². The zero-order valence-corrected chi connectivity index (χ0v) is 38.2. The lowest BCUT2D eigenvalue weighted by Gasteiger charge is -2.46. The van der Waals surface area contributed by atoms with E-state index in [0.717, 1.165) is 12.1 Å². The number of benzene rings is 4. The van der Waals surface area contributed by atoms with Crippen molar-refractivity contribution in [3.63, 3.8) is 0 Å². The molecular formula is C48H48BF20N. The molecule has 2 N–H and O–H groups in total. The maximum atomic E-state index is 15.4. The average molecular weight is 1030 g/mol. The van der Waals surface area contributed by atoms with Crippen LogP contribution in [0.3, 0.4) is 0 Å². The fraction of sp³-hybridized carbons (Fsp3) is 0.500. The van der Waals surface area contributed by atoms with Crippen LogP contribution in [0.25, 0.3) is 0 Å². The number of rotatable bonds is 14. The Morgan fingerprint density at radius 1 is 0.329 bits per heavy atom. The van der Waals surface area contributed by atoms with Crippen LogP contribution in [0.5, 0.6) is 0 Å². The van der Waals surface area contributed by atoms with Crippen molar-refractivity contribution in [3.05, 3.63) is 116 Å². The van der Waals surface area contributed by atoms with Gasteiger partial charge in [-0.3, -0.25) is 0 Å². The molecule has 1 nitrogen and oxygen atoms in total. The lowest BCUT2D eigenvalue weighted by molar-refractivity contribution is -0.741. The molecule has 4 aromatic rings. The Morgan fingerprint density at radius 3 is 0.700 bits per heavy atom. The number of quaternary nitrogens is 1. The molecule has 2 aliphatic carbocycles. The number of hydrogen-bond donors (Lipinski definition) is 1. The predicted molar refractivity (Wildman–Crippen MR) is 220 cm³/mol. The molecule has 22 heteroatoms. The second-order valence-electron chi connectivity index (χ2n) is 18.6. The second-order valence-corrected chi connectivity index (χ2v) is 18.6. The molecule has 0 saturated heterocycles. The van der Waals surface area contributed by atoms with E-state index in [9.17, 15) is 52.7 Å². The molecule has 2 atom stereocenters. The Bertz CT molecular complexity index is 2160. The second kappa shape index (κ2) is 22.1. The van der Waals surface area contributed by atoms with Gasteiger partial charge in [-0.1, -0.05) is 78.1 Å². The van der Waals surface area contributed by atoms with E-state index < -0.39 is 144 Å². The van der Waals surface area contributed by atoms with E-state index in [1.807, 2.05) is 0 Å². The molecule has 0 spiro atoms. The van der Waals surface area contributed by atoms with Crippen LogP contribution in [0.4, 0.5) is 87.8 Å². The molecule has 0 aromatic heterocycles. The fourth-order valence-corrected chi connectivity index (χ4v) is 11.2. The first-order chi connectivity index (χ1) is 32.8. The van der Waals surface area contributed by atoms with E-state index >= 15 is 35.1 Å². The van der Waals surface area contributed by atoms with Crippen LogP contribution in [0.15, 0.2) is 0 Å². The van der Waals surface area contributed by atoms with Crippen LogP contribution in [-0.4, -0.2) is 18.2 Å². The maximum Gasteiger partial charge on any atom is 0.200 e. The minimum absolute atomic E-state index is 0.642. The molecule has 2 fully saturated rings. The summed E-state index contributed by atoms with van der Waals surface area (Å²) in [5, 5.41) is 2.86. The minimum Gasteiger partial charge on any atom is -0.341 e. The predicted octanol–water partition coefficient (Wildman–Crippen LogP) is 12.5. The maximum absolute atomic E-state index is 15.4. The van der Waals surface area contributed by atoms with E-state index in [1.54, 1.807) is 0 Å². The lowest BCUT2D eigenvalue weighted by atomic mass is 9.12. The Labute approximate surface area is 390 Å². The standard InChI is InChI=1S/C24BF20.C24H47N/c26-5-1(6(27)14(35)21(42)13(5)34)25(2-7(28)15(36)22(43)16(37)8(2)29,3-9(30)17(38)23(44)18(39)10(3)31)4-11(32)19(40)24(45)20(41)12(4)33;1-5-7-15-23(17-11-9-12-18-23)21(3)25-22(4)24(16-8-6-2)19-13-10-14-20-24/h;21-22,25H,5-20H2,1-4H3/q-1;/p+1. The molecule has 6 rings (SSSR count). The van der Waals surface area contributed by atoms with E-state index in [1.165, 1.54) is 103 Å². The average Bonchev–Trinajstić information content (AvgIpc) is 3.35. The van der Waals surface area contributed by atoms with Crippen molar-refractivity contribution in [1.29, 1.82) is 0 Å². The molecule has 0 heterocycles. The zero-order chi connectivity index (χ0) is 52.5. The third-order valence-electron chi connectivity index (χ3n) is 15.0. The van der Waals surface area contributed by atoms with Crippen molar-refractivity contribution in [2.75, 3.05) is 0 Å². The molecule has 0 radical (unpaired) electrons. The van der Waals surface area contributed by atoms with Gasteiger partial charge in [-0.05, 0) is 52.4 Å². The first-order valence-electron chi connectivity index (χ1n) is 22.9. The summed E-state index contributed by atoms with van der Waals surface area (Å²) in [4.78, 5) is 0.